The lowest BCUT2D eigenvalue weighted by Gasteiger charge is -2.32. The largest absolute Gasteiger partial charge is 0.0625 e. The zero-order valence-electron chi connectivity index (χ0n) is 9.64. The Kier molecular flexibility index (Phi) is 2.20. The van der Waals surface area contributed by atoms with E-state index in [4.69, 9.17) is 0 Å². The first-order valence-electron chi connectivity index (χ1n) is 6.06. The standard InChI is InChI=1S/C13H24/c1-9(2)11-5-6-13(10(3)4)8-12(13)7-11/h9-12H,5-8H2,1-4H3. The normalized spacial score (nSPS) is 43.8. The molecule has 0 heterocycles. The van der Waals surface area contributed by atoms with E-state index in [0.29, 0.717) is 0 Å². The Balaban J connectivity index is 1.95. The van der Waals surface area contributed by atoms with Gasteiger partial charge in [0.2, 0.25) is 0 Å². The summed E-state index contributed by atoms with van der Waals surface area (Å²) in [7, 11) is 0. The summed E-state index contributed by atoms with van der Waals surface area (Å²) < 4.78 is 0. The number of hydrogen-bond acceptors (Lipinski definition) is 0. The first kappa shape index (κ1) is 9.55. The minimum atomic E-state index is 0.811. The fourth-order valence-corrected chi connectivity index (χ4v) is 3.56. The summed E-state index contributed by atoms with van der Waals surface area (Å²) in [5.74, 6) is 4.00. The Morgan fingerprint density at radius 3 is 2.31 bits per heavy atom. The van der Waals surface area contributed by atoms with E-state index in [-0.39, 0.29) is 0 Å². The molecule has 2 fully saturated rings. The van der Waals surface area contributed by atoms with Gasteiger partial charge in [0.05, 0.1) is 0 Å². The molecule has 13 heavy (non-hydrogen) atoms. The maximum absolute atomic E-state index is 2.43. The fraction of sp³-hybridized carbons (Fsp3) is 1.00. The average molecular weight is 180 g/mol. The number of rotatable bonds is 2. The predicted molar refractivity (Wildman–Crippen MR) is 57.6 cm³/mol. The van der Waals surface area contributed by atoms with Gasteiger partial charge in [0.25, 0.3) is 0 Å². The van der Waals surface area contributed by atoms with E-state index < -0.39 is 0 Å². The van der Waals surface area contributed by atoms with Gasteiger partial charge in [-0.25, -0.2) is 0 Å². The summed E-state index contributed by atoms with van der Waals surface area (Å²) in [5, 5.41) is 0. The lowest BCUT2D eigenvalue weighted by atomic mass is 9.73. The molecule has 0 heteroatoms. The van der Waals surface area contributed by atoms with Crippen molar-refractivity contribution < 1.29 is 0 Å². The molecular formula is C13H24. The molecule has 0 radical (unpaired) electrons. The van der Waals surface area contributed by atoms with Crippen LogP contribution in [-0.2, 0) is 0 Å². The van der Waals surface area contributed by atoms with Gasteiger partial charge < -0.3 is 0 Å². The number of fused-ring (bicyclic) bond motifs is 1. The first-order chi connectivity index (χ1) is 6.06. The van der Waals surface area contributed by atoms with Gasteiger partial charge in [0.15, 0.2) is 0 Å². The molecule has 2 aliphatic rings. The Morgan fingerprint density at radius 1 is 1.15 bits per heavy atom. The molecular weight excluding hydrogens is 156 g/mol. The van der Waals surface area contributed by atoms with Crippen molar-refractivity contribution in [3.63, 3.8) is 0 Å². The topological polar surface area (TPSA) is 0 Å². The molecule has 0 aromatic rings. The molecule has 2 saturated carbocycles. The second-order valence-corrected chi connectivity index (χ2v) is 6.07. The van der Waals surface area contributed by atoms with Crippen LogP contribution < -0.4 is 0 Å². The summed E-state index contributed by atoms with van der Waals surface area (Å²) in [5.41, 5.74) is 0.811. The summed E-state index contributed by atoms with van der Waals surface area (Å²) in [4.78, 5) is 0. The lowest BCUT2D eigenvalue weighted by molar-refractivity contribution is 0.176. The quantitative estimate of drug-likeness (QED) is 0.600. The van der Waals surface area contributed by atoms with Crippen molar-refractivity contribution in [1.29, 1.82) is 0 Å². The van der Waals surface area contributed by atoms with Crippen molar-refractivity contribution in [2.24, 2.45) is 29.1 Å². The van der Waals surface area contributed by atoms with Crippen LogP contribution in [0.4, 0.5) is 0 Å². The molecule has 0 nitrogen and oxygen atoms in total. The van der Waals surface area contributed by atoms with E-state index >= 15 is 0 Å². The highest BCUT2D eigenvalue weighted by Crippen LogP contribution is 2.66. The van der Waals surface area contributed by atoms with Crippen LogP contribution in [0.25, 0.3) is 0 Å². The Morgan fingerprint density at radius 2 is 1.85 bits per heavy atom. The molecule has 0 aromatic heterocycles. The van der Waals surface area contributed by atoms with Crippen LogP contribution in [0.15, 0.2) is 0 Å². The van der Waals surface area contributed by atoms with Crippen molar-refractivity contribution in [1.82, 2.24) is 0 Å². The lowest BCUT2D eigenvalue weighted by Crippen LogP contribution is -2.23. The Bertz CT molecular complexity index is 192. The van der Waals surface area contributed by atoms with Crippen LogP contribution in [0, 0.1) is 29.1 Å². The van der Waals surface area contributed by atoms with E-state index in [0.717, 1.165) is 29.1 Å². The van der Waals surface area contributed by atoms with Gasteiger partial charge in [-0.05, 0) is 54.8 Å². The van der Waals surface area contributed by atoms with Crippen molar-refractivity contribution in [2.45, 2.75) is 53.4 Å². The van der Waals surface area contributed by atoms with Crippen LogP contribution in [0.1, 0.15) is 53.4 Å². The highest BCUT2D eigenvalue weighted by molar-refractivity contribution is 5.07. The minimum absolute atomic E-state index is 0.811. The molecule has 0 amide bonds. The summed E-state index contributed by atoms with van der Waals surface area (Å²) >= 11 is 0. The molecule has 76 valence electrons. The molecule has 0 N–H and O–H groups in total. The van der Waals surface area contributed by atoms with Crippen molar-refractivity contribution in [3.05, 3.63) is 0 Å². The van der Waals surface area contributed by atoms with E-state index in [9.17, 15) is 0 Å². The van der Waals surface area contributed by atoms with Gasteiger partial charge in [-0.1, -0.05) is 27.7 Å². The Labute approximate surface area is 83.1 Å². The van der Waals surface area contributed by atoms with Crippen molar-refractivity contribution in [2.75, 3.05) is 0 Å². The highest BCUT2D eigenvalue weighted by atomic mass is 14.6. The molecule has 2 aliphatic carbocycles. The van der Waals surface area contributed by atoms with Crippen molar-refractivity contribution in [3.8, 4) is 0 Å². The van der Waals surface area contributed by atoms with Crippen LogP contribution >= 0.6 is 0 Å². The summed E-state index contributed by atoms with van der Waals surface area (Å²) in [6.45, 7) is 9.65. The highest BCUT2D eigenvalue weighted by Gasteiger charge is 2.57. The summed E-state index contributed by atoms with van der Waals surface area (Å²) in [6, 6.07) is 0. The third-order valence-electron chi connectivity index (χ3n) is 4.94. The predicted octanol–water partition coefficient (Wildman–Crippen LogP) is 4.10. The van der Waals surface area contributed by atoms with Gasteiger partial charge >= 0.3 is 0 Å². The van der Waals surface area contributed by atoms with Crippen LogP contribution in [0.5, 0.6) is 0 Å². The van der Waals surface area contributed by atoms with Crippen LogP contribution in [0.2, 0.25) is 0 Å². The van der Waals surface area contributed by atoms with Gasteiger partial charge in [0, 0.05) is 0 Å². The van der Waals surface area contributed by atoms with Crippen molar-refractivity contribution >= 4 is 0 Å². The summed E-state index contributed by atoms with van der Waals surface area (Å²) in [6.07, 6.45) is 6.12. The minimum Gasteiger partial charge on any atom is -0.0625 e. The second-order valence-electron chi connectivity index (χ2n) is 6.07. The second kappa shape index (κ2) is 3.00. The molecule has 2 rings (SSSR count). The maximum Gasteiger partial charge on any atom is -0.0243 e. The first-order valence-corrected chi connectivity index (χ1v) is 6.06. The average Bonchev–Trinajstić information content (AvgIpc) is 2.77. The number of hydrogen-bond donors (Lipinski definition) is 0. The van der Waals surface area contributed by atoms with Crippen LogP contribution in [0.3, 0.4) is 0 Å². The smallest absolute Gasteiger partial charge is 0.0243 e. The zero-order valence-corrected chi connectivity index (χ0v) is 9.64. The molecule has 0 aromatic carbocycles. The third kappa shape index (κ3) is 1.43. The monoisotopic (exact) mass is 180 g/mol. The molecule has 0 saturated heterocycles. The van der Waals surface area contributed by atoms with E-state index in [2.05, 4.69) is 27.7 Å². The van der Waals surface area contributed by atoms with Gasteiger partial charge in [-0.2, -0.15) is 0 Å². The fourth-order valence-electron chi connectivity index (χ4n) is 3.56. The molecule has 0 spiro atoms. The zero-order chi connectivity index (χ0) is 9.64. The molecule has 3 atom stereocenters. The molecule has 0 aliphatic heterocycles. The van der Waals surface area contributed by atoms with E-state index in [1.54, 1.807) is 6.42 Å². The maximum atomic E-state index is 2.43. The van der Waals surface area contributed by atoms with Gasteiger partial charge in [-0.15, -0.1) is 0 Å². The molecule has 0 bridgehead atoms. The Hall–Kier alpha value is 0. The third-order valence-corrected chi connectivity index (χ3v) is 4.94. The van der Waals surface area contributed by atoms with Gasteiger partial charge in [0.1, 0.15) is 0 Å². The molecule has 3 unspecified atom stereocenters. The van der Waals surface area contributed by atoms with E-state index in [1.165, 1.54) is 19.3 Å². The van der Waals surface area contributed by atoms with Gasteiger partial charge in [-0.3, -0.25) is 0 Å². The van der Waals surface area contributed by atoms with Crippen LogP contribution in [-0.4, -0.2) is 0 Å². The van der Waals surface area contributed by atoms with E-state index in [1.807, 2.05) is 0 Å². The SMILES string of the molecule is CC(C)C1CCC2(C(C)C)CC2C1.